The molecule has 6 rings (SSSR count). The normalized spacial score (nSPS) is 16.0. The molecule has 2 aromatic heterocycles. The molecule has 42 heavy (non-hydrogen) atoms. The van der Waals surface area contributed by atoms with Crippen LogP contribution in [0.25, 0.3) is 42.9 Å². The number of aromatic nitrogens is 3. The van der Waals surface area contributed by atoms with Gasteiger partial charge in [0.1, 0.15) is 5.01 Å². The first-order valence-corrected chi connectivity index (χ1v) is 15.4. The molecule has 0 amide bonds. The van der Waals surface area contributed by atoms with Gasteiger partial charge < -0.3 is 19.3 Å². The predicted molar refractivity (Wildman–Crippen MR) is 171 cm³/mol. The van der Waals surface area contributed by atoms with E-state index < -0.39 is 17.7 Å². The van der Waals surface area contributed by atoms with Crippen LogP contribution in [-0.2, 0) is 9.53 Å². The van der Waals surface area contributed by atoms with Gasteiger partial charge in [-0.05, 0) is 108 Å². The second-order valence-electron chi connectivity index (χ2n) is 12.2. The molecule has 1 fully saturated rings. The lowest BCUT2D eigenvalue weighted by molar-refractivity contribution is -0.160. The SMILES string of the molecule is Cc1cc2nc(-c3ccc4ncn(C5CCN(C)CC5)c4c3)sc2c(-c2ccc(Cl)cc2)c1[C@H](OC(C)(C)C)C(=O)O. The van der Waals surface area contributed by atoms with Crippen LogP contribution in [0.2, 0.25) is 5.02 Å². The zero-order valence-electron chi connectivity index (χ0n) is 24.5. The summed E-state index contributed by atoms with van der Waals surface area (Å²) in [5.41, 5.74) is 6.41. The van der Waals surface area contributed by atoms with E-state index in [4.69, 9.17) is 26.3 Å². The van der Waals surface area contributed by atoms with E-state index in [0.717, 1.165) is 74.4 Å². The number of rotatable bonds is 6. The summed E-state index contributed by atoms with van der Waals surface area (Å²) < 4.78 is 9.39. The van der Waals surface area contributed by atoms with Crippen molar-refractivity contribution in [2.75, 3.05) is 20.1 Å². The molecule has 1 N–H and O–H groups in total. The third-order valence-corrected chi connectivity index (χ3v) is 9.31. The Hall–Kier alpha value is -3.30. The first kappa shape index (κ1) is 28.8. The zero-order chi connectivity index (χ0) is 29.8. The summed E-state index contributed by atoms with van der Waals surface area (Å²) >= 11 is 7.82. The van der Waals surface area contributed by atoms with Crippen LogP contribution in [0.5, 0.6) is 0 Å². The van der Waals surface area contributed by atoms with Crippen LogP contribution >= 0.6 is 22.9 Å². The maximum atomic E-state index is 12.6. The van der Waals surface area contributed by atoms with Gasteiger partial charge in [0, 0.05) is 27.8 Å². The van der Waals surface area contributed by atoms with Gasteiger partial charge in [0.15, 0.2) is 6.10 Å². The average Bonchev–Trinajstić information content (AvgIpc) is 3.55. The minimum absolute atomic E-state index is 0.425. The smallest absolute Gasteiger partial charge is 0.337 e. The second-order valence-corrected chi connectivity index (χ2v) is 13.6. The topological polar surface area (TPSA) is 80.5 Å². The highest BCUT2D eigenvalue weighted by atomic mass is 35.5. The van der Waals surface area contributed by atoms with Gasteiger partial charge >= 0.3 is 5.97 Å². The fraction of sp³-hybridized carbons (Fsp3) is 0.364. The summed E-state index contributed by atoms with van der Waals surface area (Å²) in [6.07, 6.45) is 3.02. The largest absolute Gasteiger partial charge is 0.479 e. The van der Waals surface area contributed by atoms with Crippen molar-refractivity contribution in [1.29, 1.82) is 0 Å². The summed E-state index contributed by atoms with van der Waals surface area (Å²) in [6.45, 7) is 9.70. The van der Waals surface area contributed by atoms with Crippen molar-refractivity contribution in [3.05, 3.63) is 71.0 Å². The molecule has 0 aliphatic carbocycles. The number of ether oxygens (including phenoxy) is 1. The lowest BCUT2D eigenvalue weighted by Crippen LogP contribution is -2.31. The number of thiazole rings is 1. The summed E-state index contributed by atoms with van der Waals surface area (Å²) in [5, 5.41) is 11.8. The highest BCUT2D eigenvalue weighted by Gasteiger charge is 2.32. The number of likely N-dealkylation sites (tertiary alicyclic amines) is 1. The molecule has 218 valence electrons. The molecule has 0 saturated carbocycles. The van der Waals surface area contributed by atoms with Gasteiger partial charge in [-0.1, -0.05) is 23.7 Å². The fourth-order valence-corrected chi connectivity index (χ4v) is 7.13. The Bertz CT molecular complexity index is 1780. The first-order valence-electron chi connectivity index (χ1n) is 14.2. The number of imidazole rings is 1. The van der Waals surface area contributed by atoms with E-state index in [1.165, 1.54) is 0 Å². The summed E-state index contributed by atoms with van der Waals surface area (Å²) in [4.78, 5) is 24.8. The predicted octanol–water partition coefficient (Wildman–Crippen LogP) is 8.15. The molecule has 0 bridgehead atoms. The van der Waals surface area contributed by atoms with Crippen LogP contribution in [0, 0.1) is 6.92 Å². The van der Waals surface area contributed by atoms with E-state index in [9.17, 15) is 9.90 Å². The summed E-state index contributed by atoms with van der Waals surface area (Å²) in [6, 6.07) is 16.3. The molecule has 1 aliphatic heterocycles. The maximum Gasteiger partial charge on any atom is 0.337 e. The number of carboxylic acids is 1. The minimum Gasteiger partial charge on any atom is -0.479 e. The van der Waals surface area contributed by atoms with Crippen molar-refractivity contribution in [3.63, 3.8) is 0 Å². The van der Waals surface area contributed by atoms with Gasteiger partial charge in [-0.25, -0.2) is 14.8 Å². The molecular formula is C33H35ClN4O3S. The Morgan fingerprint density at radius 1 is 1.07 bits per heavy atom. The van der Waals surface area contributed by atoms with E-state index in [1.807, 2.05) is 64.4 Å². The number of benzene rings is 3. The van der Waals surface area contributed by atoms with Gasteiger partial charge in [0.2, 0.25) is 0 Å². The van der Waals surface area contributed by atoms with Crippen molar-refractivity contribution in [3.8, 4) is 21.7 Å². The van der Waals surface area contributed by atoms with E-state index >= 15 is 0 Å². The molecule has 0 unspecified atom stereocenters. The van der Waals surface area contributed by atoms with Crippen molar-refractivity contribution >= 4 is 50.2 Å². The molecule has 1 atom stereocenters. The number of fused-ring (bicyclic) bond motifs is 2. The Morgan fingerprint density at radius 3 is 2.43 bits per heavy atom. The molecule has 3 heterocycles. The van der Waals surface area contributed by atoms with E-state index in [-0.39, 0.29) is 0 Å². The molecule has 7 nitrogen and oxygen atoms in total. The van der Waals surface area contributed by atoms with Crippen LogP contribution in [-0.4, -0.2) is 56.2 Å². The molecule has 1 saturated heterocycles. The van der Waals surface area contributed by atoms with Crippen LogP contribution in [0.4, 0.5) is 0 Å². The lowest BCUT2D eigenvalue weighted by atomic mass is 9.91. The maximum absolute atomic E-state index is 12.6. The van der Waals surface area contributed by atoms with Crippen LogP contribution in [0.3, 0.4) is 0 Å². The van der Waals surface area contributed by atoms with Crippen LogP contribution in [0.1, 0.15) is 56.9 Å². The molecular weight excluding hydrogens is 568 g/mol. The molecule has 5 aromatic rings. The number of piperidine rings is 1. The number of hydrogen-bond donors (Lipinski definition) is 1. The Kier molecular flexibility index (Phi) is 7.60. The number of aliphatic carboxylic acids is 1. The molecule has 3 aromatic carbocycles. The number of carbonyl (C=O) groups is 1. The number of nitrogens with zero attached hydrogens (tertiary/aromatic N) is 4. The summed E-state index contributed by atoms with van der Waals surface area (Å²) in [5.74, 6) is -1.03. The van der Waals surface area contributed by atoms with Gasteiger partial charge in [-0.2, -0.15) is 0 Å². The third kappa shape index (κ3) is 5.56. The van der Waals surface area contributed by atoms with Crippen LogP contribution < -0.4 is 0 Å². The van der Waals surface area contributed by atoms with Crippen molar-refractivity contribution in [2.24, 2.45) is 0 Å². The fourth-order valence-electron chi connectivity index (χ4n) is 5.89. The van der Waals surface area contributed by atoms with Crippen molar-refractivity contribution in [2.45, 2.75) is 58.3 Å². The Labute approximate surface area is 254 Å². The molecule has 0 radical (unpaired) electrons. The zero-order valence-corrected chi connectivity index (χ0v) is 26.1. The highest BCUT2D eigenvalue weighted by molar-refractivity contribution is 7.22. The molecule has 0 spiro atoms. The quantitative estimate of drug-likeness (QED) is 0.211. The van der Waals surface area contributed by atoms with Gasteiger partial charge in [0.05, 0.1) is 33.2 Å². The van der Waals surface area contributed by atoms with E-state index in [2.05, 4.69) is 34.7 Å². The van der Waals surface area contributed by atoms with Crippen LogP contribution in [0.15, 0.2) is 54.9 Å². The lowest BCUT2D eigenvalue weighted by Gasteiger charge is -2.30. The van der Waals surface area contributed by atoms with Gasteiger partial charge in [-0.3, -0.25) is 0 Å². The Balaban J connectivity index is 1.52. The average molecular weight is 603 g/mol. The highest BCUT2D eigenvalue weighted by Crippen LogP contribution is 2.44. The van der Waals surface area contributed by atoms with E-state index in [1.54, 1.807) is 11.3 Å². The minimum atomic E-state index is -1.15. The number of halogens is 1. The molecule has 9 heteroatoms. The Morgan fingerprint density at radius 2 is 1.76 bits per heavy atom. The monoisotopic (exact) mass is 602 g/mol. The summed E-state index contributed by atoms with van der Waals surface area (Å²) in [7, 11) is 2.17. The first-order chi connectivity index (χ1) is 20.0. The van der Waals surface area contributed by atoms with Gasteiger partial charge in [-0.15, -0.1) is 11.3 Å². The second kappa shape index (κ2) is 11.1. The third-order valence-electron chi connectivity index (χ3n) is 7.92. The molecule has 1 aliphatic rings. The van der Waals surface area contributed by atoms with E-state index in [0.29, 0.717) is 16.6 Å². The number of aryl methyl sites for hydroxylation is 1. The number of hydrogen-bond acceptors (Lipinski definition) is 6. The van der Waals surface area contributed by atoms with Gasteiger partial charge in [0.25, 0.3) is 0 Å². The number of carboxylic acid groups (broad SMARTS) is 1. The van der Waals surface area contributed by atoms with Crippen molar-refractivity contribution in [1.82, 2.24) is 19.4 Å². The standard InChI is InChI=1S/C33H35ClN4O3S/c1-19-16-25-30(28(20-6-9-22(34)10-7-20)27(19)29(32(39)40)41-33(2,3)4)42-31(36-25)21-8-11-24-26(17-21)38(18-35-24)23-12-14-37(5)15-13-23/h6-11,16-18,23,29H,12-15H2,1-5H3,(H,39,40)/t29-/m0/s1. The van der Waals surface area contributed by atoms with Crippen molar-refractivity contribution < 1.29 is 14.6 Å².